The van der Waals surface area contributed by atoms with Gasteiger partial charge in [0.1, 0.15) is 85.1 Å². The average Bonchev–Trinajstić information content (AvgIpc) is 0.750. The molecule has 11 N–H and O–H groups in total. The Morgan fingerprint density at radius 3 is 1.68 bits per heavy atom. The summed E-state index contributed by atoms with van der Waals surface area (Å²) in [6.07, 6.45) is 9.22. The number of aromatic hydroxyl groups is 4. The fourth-order valence-electron chi connectivity index (χ4n) is 15.1. The predicted molar refractivity (Wildman–Crippen MR) is 554 cm³/mol. The number of carboxylic acids is 1. The Morgan fingerprint density at radius 2 is 1.09 bits per heavy atom. The van der Waals surface area contributed by atoms with Gasteiger partial charge in [-0.15, -0.1) is 5.11 Å². The van der Waals surface area contributed by atoms with Crippen LogP contribution in [-0.4, -0.2) is 133 Å². The summed E-state index contributed by atoms with van der Waals surface area (Å²) in [5.41, 5.74) is 6.54. The Morgan fingerprint density at radius 1 is 0.524 bits per heavy atom. The minimum atomic E-state index is -4.99. The third kappa shape index (κ3) is 31.9. The molecule has 0 saturated heterocycles. The highest BCUT2D eigenvalue weighted by Crippen LogP contribution is 2.49. The van der Waals surface area contributed by atoms with E-state index in [1.807, 2.05) is 96.1 Å². The molecule has 147 heavy (non-hydrogen) atoms. The minimum absolute atomic E-state index is 0.0160. The number of methoxy groups -OCH3 is 1. The molecule has 13 aromatic carbocycles. The molecule has 0 radical (unpaired) electrons. The third-order valence-corrected chi connectivity index (χ3v) is 24.2. The van der Waals surface area contributed by atoms with Crippen LogP contribution >= 0.6 is 23.6 Å². The van der Waals surface area contributed by atoms with Gasteiger partial charge in [0, 0.05) is 76.9 Å². The van der Waals surface area contributed by atoms with Crippen molar-refractivity contribution in [2.75, 3.05) is 78.1 Å². The number of ether oxygens (including phenoxy) is 7. The van der Waals surface area contributed by atoms with Gasteiger partial charge in [0.05, 0.1) is 98.7 Å². The lowest BCUT2D eigenvalue weighted by atomic mass is 10.0. The topological polar surface area (TPSA) is 525 Å². The maximum Gasteiger partial charge on any atom is 0.343 e. The number of amides is 7. The van der Waals surface area contributed by atoms with Crippen molar-refractivity contribution in [3.63, 3.8) is 0 Å². The second kappa shape index (κ2) is 53.9. The number of unbranched alkanes of at least 4 members (excludes halogenated alkanes) is 7. The normalized spacial score (nSPS) is 11.0. The molecule has 0 atom stereocenters. The maximum absolute atomic E-state index is 13.6. The fourth-order valence-corrected chi connectivity index (χ4v) is 16.3. The number of hydrogen-bond donors (Lipinski definition) is 11. The number of aliphatic carboxylic acids is 1. The molecule has 0 saturated carbocycles. The van der Waals surface area contributed by atoms with Crippen LogP contribution in [0.15, 0.2) is 232 Å². The summed E-state index contributed by atoms with van der Waals surface area (Å²) in [5, 5.41) is 103. The quantitative estimate of drug-likeness (QED) is 0.00247. The van der Waals surface area contributed by atoms with Gasteiger partial charge < -0.3 is 105 Å². The number of azo groups is 1. The molecule has 768 valence electrons. The van der Waals surface area contributed by atoms with Gasteiger partial charge in [-0.05, 0) is 204 Å². The van der Waals surface area contributed by atoms with Crippen LogP contribution < -0.4 is 70.5 Å². The average molecular weight is 2060 g/mol. The minimum Gasteiger partial charge on any atom is -0.744 e. The van der Waals surface area contributed by atoms with E-state index in [0.717, 1.165) is 71.9 Å². The lowest BCUT2D eigenvalue weighted by Gasteiger charge is -2.26. The van der Waals surface area contributed by atoms with E-state index in [1.54, 1.807) is 84.9 Å². The van der Waals surface area contributed by atoms with Crippen molar-refractivity contribution in [2.45, 2.75) is 142 Å². The van der Waals surface area contributed by atoms with E-state index in [1.165, 1.54) is 98.4 Å². The number of halogens is 1. The number of nitrogens with zero attached hydrogens (tertiary/aromatic N) is 4. The molecule has 0 aliphatic carbocycles. The number of hydrogen-bond acceptors (Lipinski definition) is 29. The Balaban J connectivity index is 0.000000213. The molecular formula is C108H109ClN10O26S2-2. The fraction of sp³-hybridized carbons (Fsp3) is 0.250. The number of phenolic OH excluding ortho intramolecular Hbond substituents is 4. The van der Waals surface area contributed by atoms with Crippen molar-refractivity contribution < 1.29 is 125 Å². The van der Waals surface area contributed by atoms with Crippen LogP contribution in [0.1, 0.15) is 152 Å². The zero-order valence-corrected chi connectivity index (χ0v) is 84.1. The zero-order chi connectivity index (χ0) is 106. The van der Waals surface area contributed by atoms with Crippen LogP contribution in [0.3, 0.4) is 0 Å². The molecule has 13 aromatic rings. The smallest absolute Gasteiger partial charge is 0.343 e. The maximum atomic E-state index is 13.6. The molecule has 0 aliphatic heterocycles. The number of urea groups is 1. The van der Waals surface area contributed by atoms with Crippen molar-refractivity contribution in [2.24, 2.45) is 10.2 Å². The van der Waals surface area contributed by atoms with Crippen LogP contribution in [0.4, 0.5) is 50.3 Å². The van der Waals surface area contributed by atoms with Crippen molar-refractivity contribution in [3.05, 3.63) is 262 Å². The summed E-state index contributed by atoms with van der Waals surface area (Å²) >= 11 is 6.28. The second-order valence-corrected chi connectivity index (χ2v) is 36.2. The number of carbonyl (C=O) groups excluding carboxylic acids is 7. The summed E-state index contributed by atoms with van der Waals surface area (Å²) in [5.74, 6) is -2.07. The van der Waals surface area contributed by atoms with Gasteiger partial charge in [0.15, 0.2) is 19.0 Å². The Kier molecular flexibility index (Phi) is 40.7. The first-order valence-corrected chi connectivity index (χ1v) is 49.1. The molecule has 0 aliphatic rings. The summed E-state index contributed by atoms with van der Waals surface area (Å²) in [6.45, 7) is 16.0. The lowest BCUT2D eigenvalue weighted by molar-refractivity contribution is -0.777. The largest absolute Gasteiger partial charge is 0.744 e. The third-order valence-electron chi connectivity index (χ3n) is 22.4. The van der Waals surface area contributed by atoms with Crippen LogP contribution in [-0.2, 0) is 48.2 Å². The van der Waals surface area contributed by atoms with Gasteiger partial charge in [-0.2, -0.15) is 14.7 Å². The monoisotopic (exact) mass is 2060 g/mol. The van der Waals surface area contributed by atoms with Gasteiger partial charge in [-0.3, -0.25) is 33.8 Å². The molecule has 39 heteroatoms. The summed E-state index contributed by atoms with van der Waals surface area (Å²) < 4.78 is 80.4. The van der Waals surface area contributed by atoms with E-state index in [0.29, 0.717) is 118 Å². The number of rotatable bonds is 44. The number of nitrogens with one attached hydrogen (secondary N) is 6. The molecular weight excluding hydrogens is 1950 g/mol. The van der Waals surface area contributed by atoms with E-state index in [9.17, 15) is 82.3 Å². The first-order chi connectivity index (χ1) is 70.5. The van der Waals surface area contributed by atoms with E-state index in [-0.39, 0.29) is 120 Å². The number of carbonyl (C=O) groups is 8. The van der Waals surface area contributed by atoms with Gasteiger partial charge >= 0.3 is 18.0 Å². The SMILES string of the molecule is CC(=O)Nc1cc(S(=O)(=O)[O-])cc2cc(SOO[O-])c(N=Nc3ccc(Oc4cc(C(=O)NCCCCOc5ccc(C)cc5C)c(O)c5ccccc45)cc3)c(O)c12.CCCCCCCCOc1ccc(C)cc1NC(=O)c1cc(Oc2ccc(NC(=O)CCC(=O)O)cc2)c2ccccc2c1O.CCCCN(C(=O)COc1ccc(C)cc1C)c1cc(O)c(NC(=O)Nc2ccc(Cl)c(C#N)c2)cc1OCC(=O)OC. The first kappa shape index (κ1) is 111. The molecule has 13 rings (SSSR count). The highest BCUT2D eigenvalue weighted by molar-refractivity contribution is 7.94. The molecule has 0 spiro atoms. The molecule has 0 aromatic heterocycles. The Bertz CT molecular complexity index is 7170. The van der Waals surface area contributed by atoms with Gasteiger partial charge in [0.25, 0.3) is 17.7 Å². The number of benzene rings is 13. The number of nitriles is 1. The highest BCUT2D eigenvalue weighted by atomic mass is 35.5. The Labute approximate surface area is 856 Å². The molecule has 7 amide bonds. The summed E-state index contributed by atoms with van der Waals surface area (Å²) in [6, 6.07) is 58.2. The summed E-state index contributed by atoms with van der Waals surface area (Å²) in [7, 11) is -3.78. The predicted octanol–water partition coefficient (Wildman–Crippen LogP) is 22.3. The van der Waals surface area contributed by atoms with Gasteiger partial charge in [0.2, 0.25) is 11.8 Å². The van der Waals surface area contributed by atoms with Crippen molar-refractivity contribution >= 4 is 159 Å². The van der Waals surface area contributed by atoms with E-state index < -0.39 is 74.9 Å². The van der Waals surface area contributed by atoms with Crippen LogP contribution in [0.5, 0.6) is 69.0 Å². The first-order valence-electron chi connectivity index (χ1n) is 46.6. The highest BCUT2D eigenvalue weighted by Gasteiger charge is 2.28. The molecule has 0 fully saturated rings. The number of fused-ring (bicyclic) bond motifs is 3. The zero-order valence-electron chi connectivity index (χ0n) is 81.7. The Hall–Kier alpha value is -16.3. The van der Waals surface area contributed by atoms with Crippen LogP contribution in [0, 0.1) is 45.9 Å². The molecule has 0 unspecified atom stereocenters. The summed E-state index contributed by atoms with van der Waals surface area (Å²) in [4.78, 5) is 100. The number of anilines is 6. The van der Waals surface area contributed by atoms with Crippen LogP contribution in [0.2, 0.25) is 5.02 Å². The van der Waals surface area contributed by atoms with Crippen molar-refractivity contribution in [3.8, 4) is 75.1 Å². The standard InChI is InChI=1S/C41H38N4O12S2.C36H40N2O7.C31H33ClN4O7/c1-23-10-15-34(24(2)18-23)54-17-7-6-16-42-41(49)32-22-35(30-8-4-5-9-31(30)39(32)47)55-28-13-11-27(12-14-28)44-45-38-36(58-57-56-50)20-26-19-29(59(51,52)53)21-33(43-25(3)46)37(26)40(38)48;1-3-4-5-6-7-10-21-44-31-18-13-24(2)22-30(31)38-36(43)29-23-32(27-11-8-9-12-28(27)35(29)42)45-26-16-14-25(15-17-26)37-33(39)19-20-34(40)41;1-5-6-11-36(29(38)17-42-27-10-7-19(2)12-20(27)3)25-15-26(37)24(14-28(25)43-18-30(39)41-4)35-31(40)34-22-8-9-23(32)21(13-22)16-33/h4-5,8-15,18-22,47-48,50H,6-7,16-17H2,1-3H3,(H,42,49)(H,43,46)(H,51,52,53);8-9,11-18,22-23,42H,3-7,10,19-21H2,1-2H3,(H,37,39)(H,38,43)(H,40,41);7-10,12-15,37H,5-6,11,17-18H2,1-4H3,(H2,34,35,40)/p-2. The number of aryl methyl sites for hydroxylation is 5. The molecule has 36 nitrogen and oxygen atoms in total. The number of carboxylic acid groups (broad SMARTS) is 1. The van der Waals surface area contributed by atoms with E-state index in [4.69, 9.17) is 45.1 Å². The molecule has 0 heterocycles. The van der Waals surface area contributed by atoms with Crippen molar-refractivity contribution in [1.82, 2.24) is 5.32 Å². The van der Waals surface area contributed by atoms with Gasteiger partial charge in [-0.25, -0.2) is 18.0 Å². The number of phenols is 4. The number of esters is 1. The van der Waals surface area contributed by atoms with E-state index >= 15 is 0 Å². The van der Waals surface area contributed by atoms with Crippen LogP contribution in [0.25, 0.3) is 32.3 Å². The van der Waals surface area contributed by atoms with Crippen molar-refractivity contribution in [1.29, 1.82) is 5.26 Å². The second-order valence-electron chi connectivity index (χ2n) is 33.7. The molecule has 0 bridgehead atoms. The lowest BCUT2D eigenvalue weighted by Crippen LogP contribution is -2.36. The van der Waals surface area contributed by atoms with Gasteiger partial charge in [-0.1, -0.05) is 154 Å². The van der Waals surface area contributed by atoms with E-state index in [2.05, 4.69) is 69.2 Å².